The van der Waals surface area contributed by atoms with Crippen LogP contribution in [0.25, 0.3) is 11.3 Å². The van der Waals surface area contributed by atoms with E-state index in [1.165, 1.54) is 25.1 Å². The van der Waals surface area contributed by atoms with Crippen LogP contribution in [0.4, 0.5) is 10.1 Å². The van der Waals surface area contributed by atoms with Crippen molar-refractivity contribution >= 4 is 29.2 Å². The molecule has 0 saturated heterocycles. The van der Waals surface area contributed by atoms with Crippen molar-refractivity contribution < 1.29 is 23.2 Å². The highest BCUT2D eigenvalue weighted by molar-refractivity contribution is 6.33. The molecule has 3 rings (SSSR count). The highest BCUT2D eigenvalue weighted by Crippen LogP contribution is 2.33. The van der Waals surface area contributed by atoms with Crippen molar-refractivity contribution in [1.82, 2.24) is 5.16 Å². The van der Waals surface area contributed by atoms with Gasteiger partial charge in [-0.05, 0) is 51.0 Å². The van der Waals surface area contributed by atoms with Gasteiger partial charge in [0.2, 0.25) is 0 Å². The standard InChI is InChI=1S/C22H20ClFN2O4/c1-11-8-12(2)20(13(3)9-11)25-17(27)10-29-22(28)18-14(4)30-26-21(18)19-15(23)6-5-7-16(19)24/h5-9H,10H2,1-4H3,(H,25,27). The first-order valence-electron chi connectivity index (χ1n) is 9.14. The van der Waals surface area contributed by atoms with Gasteiger partial charge in [0.1, 0.15) is 22.8 Å². The maximum absolute atomic E-state index is 14.3. The Morgan fingerprint density at radius 1 is 1.17 bits per heavy atom. The van der Waals surface area contributed by atoms with Crippen LogP contribution >= 0.6 is 11.6 Å². The molecule has 1 heterocycles. The highest BCUT2D eigenvalue weighted by Gasteiger charge is 2.27. The number of aryl methyl sites for hydroxylation is 4. The largest absolute Gasteiger partial charge is 0.452 e. The number of carbonyl (C=O) groups excluding carboxylic acids is 2. The molecule has 2 aromatic carbocycles. The van der Waals surface area contributed by atoms with Gasteiger partial charge in [-0.25, -0.2) is 9.18 Å². The molecule has 6 nitrogen and oxygen atoms in total. The lowest BCUT2D eigenvalue weighted by molar-refractivity contribution is -0.119. The summed E-state index contributed by atoms with van der Waals surface area (Å²) in [5.41, 5.74) is 3.32. The molecule has 1 amide bonds. The predicted molar refractivity (Wildman–Crippen MR) is 111 cm³/mol. The Hall–Kier alpha value is -3.19. The lowest BCUT2D eigenvalue weighted by Gasteiger charge is -2.13. The van der Waals surface area contributed by atoms with Crippen LogP contribution in [-0.2, 0) is 9.53 Å². The molecule has 0 radical (unpaired) electrons. The van der Waals surface area contributed by atoms with Gasteiger partial charge >= 0.3 is 5.97 Å². The van der Waals surface area contributed by atoms with E-state index >= 15 is 0 Å². The number of nitrogens with one attached hydrogen (secondary N) is 1. The minimum absolute atomic E-state index is 0.0698. The summed E-state index contributed by atoms with van der Waals surface area (Å²) in [7, 11) is 0. The van der Waals surface area contributed by atoms with Crippen LogP contribution in [0.5, 0.6) is 0 Å². The lowest BCUT2D eigenvalue weighted by Crippen LogP contribution is -2.22. The normalized spacial score (nSPS) is 10.7. The van der Waals surface area contributed by atoms with E-state index in [0.29, 0.717) is 5.69 Å². The Morgan fingerprint density at radius 3 is 2.47 bits per heavy atom. The van der Waals surface area contributed by atoms with E-state index in [2.05, 4.69) is 10.5 Å². The van der Waals surface area contributed by atoms with Gasteiger partial charge in [-0.1, -0.05) is 40.5 Å². The molecule has 30 heavy (non-hydrogen) atoms. The van der Waals surface area contributed by atoms with Crippen molar-refractivity contribution in [3.63, 3.8) is 0 Å². The molecule has 0 bridgehead atoms. The maximum Gasteiger partial charge on any atom is 0.344 e. The fraction of sp³-hybridized carbons (Fsp3) is 0.227. The first-order valence-corrected chi connectivity index (χ1v) is 9.52. The van der Waals surface area contributed by atoms with E-state index in [9.17, 15) is 14.0 Å². The summed E-state index contributed by atoms with van der Waals surface area (Å²) in [6.45, 7) is 6.69. The second kappa shape index (κ2) is 8.67. The van der Waals surface area contributed by atoms with Crippen LogP contribution < -0.4 is 5.32 Å². The van der Waals surface area contributed by atoms with Gasteiger partial charge < -0.3 is 14.6 Å². The molecular weight excluding hydrogens is 411 g/mol. The van der Waals surface area contributed by atoms with Gasteiger partial charge in [-0.15, -0.1) is 0 Å². The van der Waals surface area contributed by atoms with E-state index in [1.54, 1.807) is 0 Å². The van der Waals surface area contributed by atoms with E-state index in [0.717, 1.165) is 16.7 Å². The Bertz CT molecular complexity index is 1100. The van der Waals surface area contributed by atoms with Crippen molar-refractivity contribution in [2.24, 2.45) is 0 Å². The number of rotatable bonds is 5. The zero-order chi connectivity index (χ0) is 22.0. The van der Waals surface area contributed by atoms with Gasteiger partial charge in [-0.3, -0.25) is 4.79 Å². The van der Waals surface area contributed by atoms with Crippen LogP contribution in [0, 0.1) is 33.5 Å². The van der Waals surface area contributed by atoms with Crippen molar-refractivity contribution in [3.8, 4) is 11.3 Å². The maximum atomic E-state index is 14.3. The molecule has 8 heteroatoms. The summed E-state index contributed by atoms with van der Waals surface area (Å²) in [6.07, 6.45) is 0. The summed E-state index contributed by atoms with van der Waals surface area (Å²) in [4.78, 5) is 24.9. The number of carbonyl (C=O) groups is 2. The summed E-state index contributed by atoms with van der Waals surface area (Å²) in [5, 5.41) is 6.57. The molecule has 0 unspecified atom stereocenters. The van der Waals surface area contributed by atoms with Gasteiger partial charge in [0.05, 0.1) is 10.6 Å². The molecule has 0 fully saturated rings. The molecule has 0 spiro atoms. The van der Waals surface area contributed by atoms with Crippen LogP contribution in [0.15, 0.2) is 34.9 Å². The SMILES string of the molecule is Cc1cc(C)c(NC(=O)COC(=O)c2c(-c3c(F)cccc3Cl)noc2C)c(C)c1. The number of hydrogen-bond acceptors (Lipinski definition) is 5. The molecular formula is C22H20ClFN2O4. The second-order valence-electron chi connectivity index (χ2n) is 6.96. The quantitative estimate of drug-likeness (QED) is 0.565. The minimum atomic E-state index is -0.865. The molecule has 156 valence electrons. The van der Waals surface area contributed by atoms with Crippen LogP contribution in [0.1, 0.15) is 32.8 Å². The number of hydrogen-bond donors (Lipinski definition) is 1. The zero-order valence-electron chi connectivity index (χ0n) is 16.9. The fourth-order valence-corrected chi connectivity index (χ4v) is 3.52. The molecule has 1 aromatic heterocycles. The molecule has 0 aliphatic rings. The van der Waals surface area contributed by atoms with Gasteiger partial charge in [0, 0.05) is 5.69 Å². The van der Waals surface area contributed by atoms with Gasteiger partial charge in [0.25, 0.3) is 5.91 Å². The van der Waals surface area contributed by atoms with Crippen LogP contribution in [0.3, 0.4) is 0 Å². The number of halogens is 2. The topological polar surface area (TPSA) is 81.4 Å². The first kappa shape index (κ1) is 21.5. The average molecular weight is 431 g/mol. The number of aromatic nitrogens is 1. The number of ether oxygens (including phenoxy) is 1. The lowest BCUT2D eigenvalue weighted by atomic mass is 10.1. The second-order valence-corrected chi connectivity index (χ2v) is 7.36. The van der Waals surface area contributed by atoms with Crippen molar-refractivity contribution in [1.29, 1.82) is 0 Å². The molecule has 1 N–H and O–H groups in total. The number of nitrogens with zero attached hydrogens (tertiary/aromatic N) is 1. The molecule has 0 aliphatic heterocycles. The number of anilines is 1. The average Bonchev–Trinajstić information content (AvgIpc) is 3.04. The van der Waals surface area contributed by atoms with E-state index in [4.69, 9.17) is 20.9 Å². The van der Waals surface area contributed by atoms with Crippen molar-refractivity contribution in [2.75, 3.05) is 11.9 Å². The molecule has 0 saturated carbocycles. The first-order chi connectivity index (χ1) is 14.2. The molecule has 0 aliphatic carbocycles. The van der Waals surface area contributed by atoms with Crippen LogP contribution in [-0.4, -0.2) is 23.6 Å². The Labute approximate surface area is 178 Å². The summed E-state index contributed by atoms with van der Waals surface area (Å²) in [6, 6.07) is 7.99. The van der Waals surface area contributed by atoms with Crippen molar-refractivity contribution in [3.05, 3.63) is 69.2 Å². The Morgan fingerprint density at radius 2 is 1.83 bits per heavy atom. The third kappa shape index (κ3) is 4.36. The number of amides is 1. The molecule has 3 aromatic rings. The number of esters is 1. The predicted octanol–water partition coefficient (Wildman–Crippen LogP) is 5.16. The van der Waals surface area contributed by atoms with E-state index < -0.39 is 24.3 Å². The van der Waals surface area contributed by atoms with Gasteiger partial charge in [-0.2, -0.15) is 0 Å². The van der Waals surface area contributed by atoms with Crippen LogP contribution in [0.2, 0.25) is 5.02 Å². The van der Waals surface area contributed by atoms with E-state index in [-0.39, 0.29) is 27.6 Å². The van der Waals surface area contributed by atoms with Crippen molar-refractivity contribution in [2.45, 2.75) is 27.7 Å². The minimum Gasteiger partial charge on any atom is -0.452 e. The summed E-state index contributed by atoms with van der Waals surface area (Å²) in [5.74, 6) is -1.90. The number of benzene rings is 2. The Kier molecular flexibility index (Phi) is 6.22. The van der Waals surface area contributed by atoms with E-state index in [1.807, 2.05) is 32.9 Å². The third-order valence-electron chi connectivity index (χ3n) is 4.54. The Balaban J connectivity index is 1.77. The fourth-order valence-electron chi connectivity index (χ4n) is 3.26. The monoisotopic (exact) mass is 430 g/mol. The summed E-state index contributed by atoms with van der Waals surface area (Å²) >= 11 is 6.07. The molecule has 0 atom stereocenters. The zero-order valence-corrected chi connectivity index (χ0v) is 17.7. The summed E-state index contributed by atoms with van der Waals surface area (Å²) < 4.78 is 24.4. The smallest absolute Gasteiger partial charge is 0.344 e. The highest BCUT2D eigenvalue weighted by atomic mass is 35.5. The third-order valence-corrected chi connectivity index (χ3v) is 4.86. The van der Waals surface area contributed by atoms with Gasteiger partial charge in [0.15, 0.2) is 6.61 Å².